The Labute approximate surface area is 108 Å². The van der Waals surface area contributed by atoms with Crippen LogP contribution in [0.5, 0.6) is 0 Å². The molecule has 0 spiro atoms. The Balaban J connectivity index is 3.01. The summed E-state index contributed by atoms with van der Waals surface area (Å²) in [5.41, 5.74) is 4.38. The summed E-state index contributed by atoms with van der Waals surface area (Å²) in [6.07, 6.45) is 1.15. The third-order valence-corrected chi connectivity index (χ3v) is 3.03. The van der Waals surface area contributed by atoms with Crippen molar-refractivity contribution in [1.82, 2.24) is 0 Å². The van der Waals surface area contributed by atoms with Gasteiger partial charge in [-0.15, -0.1) is 0 Å². The van der Waals surface area contributed by atoms with Gasteiger partial charge in [0.05, 0.1) is 0 Å². The summed E-state index contributed by atoms with van der Waals surface area (Å²) in [5, 5.41) is 0. The first kappa shape index (κ1) is 13.0. The van der Waals surface area contributed by atoms with Crippen LogP contribution >= 0.6 is 22.6 Å². The van der Waals surface area contributed by atoms with E-state index in [2.05, 4.69) is 75.4 Å². The number of rotatable bonds is 3. The molecule has 0 saturated carbocycles. The van der Waals surface area contributed by atoms with Crippen LogP contribution < -0.4 is 0 Å². The molecule has 0 atom stereocenters. The van der Waals surface area contributed by atoms with E-state index in [0.717, 1.165) is 6.42 Å². The molecule has 0 heterocycles. The molecule has 0 bridgehead atoms. The molecule has 0 fully saturated rings. The number of hydrogen-bond donors (Lipinski definition) is 0. The van der Waals surface area contributed by atoms with Gasteiger partial charge in [-0.25, -0.2) is 0 Å². The Hall–Kier alpha value is -0.0500. The molecule has 1 aromatic carbocycles. The second-order valence-electron chi connectivity index (χ2n) is 5.24. The minimum atomic E-state index is 0.345. The number of halogens is 1. The second-order valence-corrected chi connectivity index (χ2v) is 8.16. The summed E-state index contributed by atoms with van der Waals surface area (Å²) in [4.78, 5) is 0. The average Bonchev–Trinajstić information content (AvgIpc) is 2.06. The average molecular weight is 316 g/mol. The van der Waals surface area contributed by atoms with E-state index in [1.165, 1.54) is 16.7 Å². The molecule has 0 unspecified atom stereocenters. The normalized spacial score (nSPS) is 12.2. The van der Waals surface area contributed by atoms with E-state index in [9.17, 15) is 0 Å². The molecule has 1 aromatic rings. The molecule has 0 saturated heterocycles. The summed E-state index contributed by atoms with van der Waals surface area (Å²) >= 11 is 2.53. The molecular formula is C14H21I. The highest BCUT2D eigenvalue weighted by atomic mass is 127. The van der Waals surface area contributed by atoms with Crippen molar-refractivity contribution in [3.05, 3.63) is 34.9 Å². The van der Waals surface area contributed by atoms with Crippen LogP contribution in [-0.4, -0.2) is 3.42 Å². The highest BCUT2D eigenvalue weighted by Crippen LogP contribution is 2.26. The van der Waals surface area contributed by atoms with Gasteiger partial charge in [-0.05, 0) is 36.0 Å². The van der Waals surface area contributed by atoms with Gasteiger partial charge in [-0.2, -0.15) is 0 Å². The maximum atomic E-state index is 2.53. The predicted molar refractivity (Wildman–Crippen MR) is 77.1 cm³/mol. The Morgan fingerprint density at radius 1 is 1.27 bits per heavy atom. The van der Waals surface area contributed by atoms with Crippen LogP contribution in [0.15, 0.2) is 18.2 Å². The lowest BCUT2D eigenvalue weighted by Gasteiger charge is -2.19. The van der Waals surface area contributed by atoms with E-state index in [4.69, 9.17) is 0 Å². The van der Waals surface area contributed by atoms with Gasteiger partial charge in [0, 0.05) is 3.42 Å². The smallest absolute Gasteiger partial charge is 0.0206 e. The Morgan fingerprint density at radius 3 is 2.33 bits per heavy atom. The van der Waals surface area contributed by atoms with E-state index < -0.39 is 0 Å². The topological polar surface area (TPSA) is 0 Å². The quantitative estimate of drug-likeness (QED) is 0.551. The van der Waals surface area contributed by atoms with Crippen LogP contribution in [0.1, 0.15) is 50.3 Å². The number of hydrogen-bond acceptors (Lipinski definition) is 0. The van der Waals surface area contributed by atoms with E-state index in [1.54, 1.807) is 0 Å². The van der Waals surface area contributed by atoms with Gasteiger partial charge in [0.25, 0.3) is 0 Å². The molecule has 0 aliphatic heterocycles. The zero-order valence-corrected chi connectivity index (χ0v) is 12.6. The monoisotopic (exact) mass is 316 g/mol. The van der Waals surface area contributed by atoms with Gasteiger partial charge in [0.1, 0.15) is 0 Å². The standard InChI is InChI=1S/C14H21I/c1-10(2)12-7-6-11(3)13(8-12)9-14(4,5)15/h6-8,10H,9H2,1-5H3. The first-order valence-electron chi connectivity index (χ1n) is 5.58. The molecule has 84 valence electrons. The Kier molecular flexibility index (Phi) is 4.21. The molecule has 0 aliphatic carbocycles. The summed E-state index contributed by atoms with van der Waals surface area (Å²) in [7, 11) is 0. The first-order valence-corrected chi connectivity index (χ1v) is 6.66. The van der Waals surface area contributed by atoms with Gasteiger partial charge < -0.3 is 0 Å². The fourth-order valence-electron chi connectivity index (χ4n) is 1.69. The number of benzene rings is 1. The summed E-state index contributed by atoms with van der Waals surface area (Å²) in [6.45, 7) is 11.3. The molecule has 0 N–H and O–H groups in total. The van der Waals surface area contributed by atoms with Crippen molar-refractivity contribution in [2.75, 3.05) is 0 Å². The maximum Gasteiger partial charge on any atom is 0.0206 e. The fraction of sp³-hybridized carbons (Fsp3) is 0.571. The van der Waals surface area contributed by atoms with E-state index >= 15 is 0 Å². The Morgan fingerprint density at radius 2 is 1.87 bits per heavy atom. The minimum absolute atomic E-state index is 0.345. The van der Waals surface area contributed by atoms with Gasteiger partial charge in [0.15, 0.2) is 0 Å². The number of aryl methyl sites for hydroxylation is 1. The Bertz CT molecular complexity index is 332. The van der Waals surface area contributed by atoms with Crippen LogP contribution in [0.3, 0.4) is 0 Å². The largest absolute Gasteiger partial charge is 0.0791 e. The van der Waals surface area contributed by atoms with Crippen molar-refractivity contribution in [1.29, 1.82) is 0 Å². The molecule has 1 rings (SSSR count). The zero-order valence-electron chi connectivity index (χ0n) is 10.4. The molecule has 0 aliphatic rings. The molecular weight excluding hydrogens is 295 g/mol. The van der Waals surface area contributed by atoms with Crippen molar-refractivity contribution in [3.63, 3.8) is 0 Å². The predicted octanol–water partition coefficient (Wildman–Crippen LogP) is 4.87. The number of alkyl halides is 1. The lowest BCUT2D eigenvalue weighted by molar-refractivity contribution is 0.737. The lowest BCUT2D eigenvalue weighted by Crippen LogP contribution is -2.14. The van der Waals surface area contributed by atoms with Crippen LogP contribution in [0.2, 0.25) is 0 Å². The van der Waals surface area contributed by atoms with Gasteiger partial charge in [-0.3, -0.25) is 0 Å². The molecule has 0 amide bonds. The minimum Gasteiger partial charge on any atom is -0.0791 e. The van der Waals surface area contributed by atoms with Gasteiger partial charge in [0.2, 0.25) is 0 Å². The van der Waals surface area contributed by atoms with Crippen LogP contribution in [0, 0.1) is 6.92 Å². The fourth-order valence-corrected chi connectivity index (χ4v) is 2.10. The molecule has 0 nitrogen and oxygen atoms in total. The van der Waals surface area contributed by atoms with E-state index in [1.807, 2.05) is 0 Å². The highest BCUT2D eigenvalue weighted by Gasteiger charge is 2.15. The molecule has 1 heteroatoms. The SMILES string of the molecule is Cc1ccc(C(C)C)cc1CC(C)(C)I. The lowest BCUT2D eigenvalue weighted by atomic mass is 9.93. The van der Waals surface area contributed by atoms with Crippen molar-refractivity contribution < 1.29 is 0 Å². The van der Waals surface area contributed by atoms with Crippen molar-refractivity contribution in [2.45, 2.75) is 50.4 Å². The highest BCUT2D eigenvalue weighted by molar-refractivity contribution is 14.1. The molecule has 0 aromatic heterocycles. The maximum absolute atomic E-state index is 2.53. The van der Waals surface area contributed by atoms with Crippen LogP contribution in [0.25, 0.3) is 0 Å². The van der Waals surface area contributed by atoms with Crippen molar-refractivity contribution in [2.24, 2.45) is 0 Å². The van der Waals surface area contributed by atoms with Crippen LogP contribution in [0.4, 0.5) is 0 Å². The zero-order chi connectivity index (χ0) is 11.6. The van der Waals surface area contributed by atoms with Gasteiger partial charge >= 0.3 is 0 Å². The van der Waals surface area contributed by atoms with Gasteiger partial charge in [-0.1, -0.05) is 68.5 Å². The second kappa shape index (κ2) is 4.86. The van der Waals surface area contributed by atoms with Crippen LogP contribution in [-0.2, 0) is 6.42 Å². The summed E-state index contributed by atoms with van der Waals surface area (Å²) in [6, 6.07) is 6.89. The summed E-state index contributed by atoms with van der Waals surface area (Å²) < 4.78 is 0.345. The van der Waals surface area contributed by atoms with E-state index in [0.29, 0.717) is 9.34 Å². The summed E-state index contributed by atoms with van der Waals surface area (Å²) in [5.74, 6) is 0.627. The van der Waals surface area contributed by atoms with Crippen molar-refractivity contribution in [3.8, 4) is 0 Å². The first-order chi connectivity index (χ1) is 6.79. The third-order valence-electron chi connectivity index (χ3n) is 2.65. The van der Waals surface area contributed by atoms with E-state index in [-0.39, 0.29) is 0 Å². The third kappa shape index (κ3) is 4.13. The molecule has 0 radical (unpaired) electrons. The molecule has 15 heavy (non-hydrogen) atoms. The van der Waals surface area contributed by atoms with Crippen molar-refractivity contribution >= 4 is 22.6 Å².